The molecule has 1 saturated heterocycles. The minimum atomic E-state index is -0.379. The number of amides is 3. The van der Waals surface area contributed by atoms with E-state index < -0.39 is 0 Å². The first-order valence-electron chi connectivity index (χ1n) is 9.06. The molecule has 3 amide bonds. The lowest BCUT2D eigenvalue weighted by molar-refractivity contribution is -0.125. The molecule has 5 nitrogen and oxygen atoms in total. The Kier molecular flexibility index (Phi) is 4.81. The summed E-state index contributed by atoms with van der Waals surface area (Å²) >= 11 is 0. The number of rotatable bonds is 4. The molecule has 1 fully saturated rings. The zero-order valence-electron chi connectivity index (χ0n) is 15.5. The van der Waals surface area contributed by atoms with Gasteiger partial charge in [0.05, 0.1) is 20.2 Å². The normalized spacial score (nSPS) is 15.8. The molecule has 0 saturated carbocycles. The lowest BCUT2D eigenvalue weighted by Crippen LogP contribution is -2.50. The molecule has 0 aliphatic carbocycles. The fourth-order valence-corrected chi connectivity index (χ4v) is 3.34. The summed E-state index contributed by atoms with van der Waals surface area (Å²) in [5, 5.41) is 4.98. The van der Waals surface area contributed by atoms with Crippen LogP contribution in [0.3, 0.4) is 0 Å². The molecule has 3 aromatic rings. The van der Waals surface area contributed by atoms with E-state index in [1.807, 2.05) is 72.8 Å². The fourth-order valence-electron chi connectivity index (χ4n) is 3.34. The number of nitrogens with zero attached hydrogens (tertiary/aromatic N) is 1. The van der Waals surface area contributed by atoms with E-state index in [4.69, 9.17) is 4.74 Å². The second-order valence-electron chi connectivity index (χ2n) is 6.64. The minimum Gasteiger partial charge on any atom is -0.497 e. The van der Waals surface area contributed by atoms with E-state index in [9.17, 15) is 9.59 Å². The van der Waals surface area contributed by atoms with E-state index in [-0.39, 0.29) is 25.0 Å². The number of benzene rings is 3. The Labute approximate surface area is 163 Å². The molecule has 0 bridgehead atoms. The van der Waals surface area contributed by atoms with Crippen LogP contribution in [-0.2, 0) is 11.3 Å². The van der Waals surface area contributed by atoms with Gasteiger partial charge in [-0.2, -0.15) is 0 Å². The molecule has 140 valence electrons. The second kappa shape index (κ2) is 7.56. The molecule has 1 aliphatic heterocycles. The molecule has 3 aromatic carbocycles. The van der Waals surface area contributed by atoms with Gasteiger partial charge in [0.15, 0.2) is 0 Å². The maximum Gasteiger partial charge on any atom is 0.324 e. The lowest BCUT2D eigenvalue weighted by Gasteiger charge is -2.27. The van der Waals surface area contributed by atoms with Gasteiger partial charge in [-0.1, -0.05) is 54.6 Å². The summed E-state index contributed by atoms with van der Waals surface area (Å²) in [6.07, 6.45) is 1.87. The summed E-state index contributed by atoms with van der Waals surface area (Å²) in [6.45, 7) is 0.432. The molecule has 0 unspecified atom stereocenters. The number of methoxy groups -OCH3 is 1. The van der Waals surface area contributed by atoms with Crippen molar-refractivity contribution in [2.45, 2.75) is 6.54 Å². The predicted molar refractivity (Wildman–Crippen MR) is 109 cm³/mol. The molecule has 1 aliphatic rings. The second-order valence-corrected chi connectivity index (χ2v) is 6.64. The van der Waals surface area contributed by atoms with E-state index in [1.165, 1.54) is 4.90 Å². The van der Waals surface area contributed by atoms with Gasteiger partial charge in [-0.3, -0.25) is 9.69 Å². The summed E-state index contributed by atoms with van der Waals surface area (Å²) in [4.78, 5) is 26.5. The maximum absolute atomic E-state index is 13.0. The summed E-state index contributed by atoms with van der Waals surface area (Å²) in [6, 6.07) is 21.0. The van der Waals surface area contributed by atoms with Gasteiger partial charge in [-0.15, -0.1) is 0 Å². The third-order valence-corrected chi connectivity index (χ3v) is 4.85. The molecule has 0 atom stereocenters. The topological polar surface area (TPSA) is 58.6 Å². The molecule has 4 rings (SSSR count). The SMILES string of the molecule is COc1ccc(CN2C(=O)NC/C(=C\c3cccc4ccccc34)C2=O)cc1. The molecule has 28 heavy (non-hydrogen) atoms. The van der Waals surface area contributed by atoms with Crippen molar-refractivity contribution in [3.05, 3.63) is 83.4 Å². The monoisotopic (exact) mass is 372 g/mol. The Morgan fingerprint density at radius 3 is 2.54 bits per heavy atom. The third kappa shape index (κ3) is 3.47. The molecule has 1 heterocycles. The zero-order chi connectivity index (χ0) is 19.5. The largest absolute Gasteiger partial charge is 0.497 e. The number of hydrogen-bond donors (Lipinski definition) is 1. The summed E-state index contributed by atoms with van der Waals surface area (Å²) < 4.78 is 5.15. The molecule has 1 N–H and O–H groups in total. The minimum absolute atomic E-state index is 0.210. The van der Waals surface area contributed by atoms with E-state index in [0.717, 1.165) is 27.6 Å². The van der Waals surface area contributed by atoms with Gasteiger partial charge in [-0.05, 0) is 40.1 Å². The van der Waals surface area contributed by atoms with E-state index in [2.05, 4.69) is 5.32 Å². The molecule has 5 heteroatoms. The first kappa shape index (κ1) is 17.8. The predicted octanol–water partition coefficient (Wildman–Crippen LogP) is 3.98. The number of hydrogen-bond acceptors (Lipinski definition) is 3. The smallest absolute Gasteiger partial charge is 0.324 e. The van der Waals surface area contributed by atoms with Crippen molar-refractivity contribution in [2.24, 2.45) is 0 Å². The van der Waals surface area contributed by atoms with Gasteiger partial charge in [0, 0.05) is 5.57 Å². The quantitative estimate of drug-likeness (QED) is 0.705. The van der Waals surface area contributed by atoms with Gasteiger partial charge in [0.2, 0.25) is 0 Å². The first-order valence-corrected chi connectivity index (χ1v) is 9.06. The van der Waals surface area contributed by atoms with Gasteiger partial charge < -0.3 is 10.1 Å². The van der Waals surface area contributed by atoms with Gasteiger partial charge in [0.25, 0.3) is 5.91 Å². The van der Waals surface area contributed by atoms with Crippen LogP contribution in [0.15, 0.2) is 72.3 Å². The molecular formula is C23H20N2O3. The first-order chi connectivity index (χ1) is 13.7. The standard InChI is InChI=1S/C23H20N2O3/c1-28-20-11-9-16(10-12-20)15-25-22(26)19(14-24-23(25)27)13-18-7-4-6-17-5-2-3-8-21(17)18/h2-13H,14-15H2,1H3,(H,24,27)/b19-13+. The number of nitrogens with one attached hydrogen (secondary N) is 1. The van der Waals surface area contributed by atoms with Crippen molar-refractivity contribution in [1.29, 1.82) is 0 Å². The summed E-state index contributed by atoms with van der Waals surface area (Å²) in [5.74, 6) is 0.460. The molecular weight excluding hydrogens is 352 g/mol. The van der Waals surface area contributed by atoms with Crippen LogP contribution in [0.1, 0.15) is 11.1 Å². The van der Waals surface area contributed by atoms with E-state index in [1.54, 1.807) is 7.11 Å². The van der Waals surface area contributed by atoms with Crippen LogP contribution in [0.2, 0.25) is 0 Å². The van der Waals surface area contributed by atoms with Crippen LogP contribution >= 0.6 is 0 Å². The Balaban J connectivity index is 1.62. The van der Waals surface area contributed by atoms with Crippen molar-refractivity contribution >= 4 is 28.8 Å². The number of urea groups is 1. The highest BCUT2D eigenvalue weighted by molar-refractivity contribution is 6.10. The van der Waals surface area contributed by atoms with Gasteiger partial charge in [0.1, 0.15) is 5.75 Å². The van der Waals surface area contributed by atoms with Crippen molar-refractivity contribution < 1.29 is 14.3 Å². The highest BCUT2D eigenvalue weighted by Gasteiger charge is 2.29. The van der Waals surface area contributed by atoms with E-state index >= 15 is 0 Å². The number of imide groups is 1. The van der Waals surface area contributed by atoms with Crippen LogP contribution in [0.25, 0.3) is 16.8 Å². The Hall–Kier alpha value is -3.60. The van der Waals surface area contributed by atoms with Crippen LogP contribution in [0, 0.1) is 0 Å². The van der Waals surface area contributed by atoms with Crippen molar-refractivity contribution in [3.63, 3.8) is 0 Å². The van der Waals surface area contributed by atoms with Crippen LogP contribution in [0.4, 0.5) is 4.79 Å². The number of fused-ring (bicyclic) bond motifs is 1. The van der Waals surface area contributed by atoms with Gasteiger partial charge in [-0.25, -0.2) is 4.79 Å². The van der Waals surface area contributed by atoms with Crippen molar-refractivity contribution in [3.8, 4) is 5.75 Å². The number of ether oxygens (including phenoxy) is 1. The lowest BCUT2D eigenvalue weighted by atomic mass is 10.0. The Morgan fingerprint density at radius 2 is 1.75 bits per heavy atom. The Morgan fingerprint density at radius 1 is 1.00 bits per heavy atom. The van der Waals surface area contributed by atoms with Gasteiger partial charge >= 0.3 is 6.03 Å². The van der Waals surface area contributed by atoms with Crippen LogP contribution in [0.5, 0.6) is 5.75 Å². The maximum atomic E-state index is 13.0. The average Bonchev–Trinajstić information content (AvgIpc) is 2.74. The highest BCUT2D eigenvalue weighted by Crippen LogP contribution is 2.23. The fraction of sp³-hybridized carbons (Fsp3) is 0.130. The highest BCUT2D eigenvalue weighted by atomic mass is 16.5. The number of carbonyl (C=O) groups is 2. The number of carbonyl (C=O) groups excluding carboxylic acids is 2. The molecule has 0 radical (unpaired) electrons. The van der Waals surface area contributed by atoms with Crippen molar-refractivity contribution in [1.82, 2.24) is 10.2 Å². The van der Waals surface area contributed by atoms with Crippen molar-refractivity contribution in [2.75, 3.05) is 13.7 Å². The zero-order valence-corrected chi connectivity index (χ0v) is 15.5. The Bertz CT molecular complexity index is 1070. The van der Waals surface area contributed by atoms with E-state index in [0.29, 0.717) is 5.57 Å². The average molecular weight is 372 g/mol. The molecule has 0 aromatic heterocycles. The molecule has 0 spiro atoms. The van der Waals surface area contributed by atoms with Crippen LogP contribution < -0.4 is 10.1 Å². The summed E-state index contributed by atoms with van der Waals surface area (Å²) in [7, 11) is 1.60. The summed E-state index contributed by atoms with van der Waals surface area (Å²) in [5.41, 5.74) is 2.38. The third-order valence-electron chi connectivity index (χ3n) is 4.85. The van der Waals surface area contributed by atoms with Crippen LogP contribution in [-0.4, -0.2) is 30.5 Å².